The Labute approximate surface area is 128 Å². The van der Waals surface area contributed by atoms with E-state index in [0.29, 0.717) is 23.8 Å². The summed E-state index contributed by atoms with van der Waals surface area (Å²) < 4.78 is 10.1. The van der Waals surface area contributed by atoms with Crippen molar-refractivity contribution in [3.05, 3.63) is 29.3 Å². The summed E-state index contributed by atoms with van der Waals surface area (Å²) in [5.74, 6) is -0.786. The lowest BCUT2D eigenvalue weighted by molar-refractivity contribution is -0.148. The van der Waals surface area contributed by atoms with Crippen LogP contribution < -0.4 is 10.1 Å². The van der Waals surface area contributed by atoms with E-state index in [9.17, 15) is 9.59 Å². The lowest BCUT2D eigenvalue weighted by atomic mass is 10.3. The molecule has 1 aromatic carbocycles. The molecule has 0 aliphatic rings. The zero-order valence-corrected chi connectivity index (χ0v) is 12.4. The van der Waals surface area contributed by atoms with Gasteiger partial charge in [0.05, 0.1) is 18.2 Å². The second-order valence-electron chi connectivity index (χ2n) is 4.25. The number of carboxylic acids is 1. The van der Waals surface area contributed by atoms with Gasteiger partial charge in [0, 0.05) is 13.5 Å². The average Bonchev–Trinajstić information content (AvgIpc) is 2.45. The molecule has 1 rings (SSSR count). The van der Waals surface area contributed by atoms with Crippen LogP contribution in [0.5, 0.6) is 5.75 Å². The standard InChI is InChI=1S/C14H18ClNO5/c1-20-12(14(18)19)9-16-13(17)7-4-8-21-11-6-3-2-5-10(11)15/h2-3,5-6,12H,4,7-9H2,1H3,(H,16,17)(H,18,19). The Balaban J connectivity index is 2.19. The minimum Gasteiger partial charge on any atom is -0.492 e. The molecule has 0 aromatic heterocycles. The SMILES string of the molecule is COC(CNC(=O)CCCOc1ccccc1Cl)C(=O)O. The van der Waals surface area contributed by atoms with Gasteiger partial charge in [0.2, 0.25) is 5.91 Å². The number of rotatable bonds is 9. The Morgan fingerprint density at radius 1 is 1.38 bits per heavy atom. The number of methoxy groups -OCH3 is 1. The van der Waals surface area contributed by atoms with Gasteiger partial charge in [0.1, 0.15) is 5.75 Å². The van der Waals surface area contributed by atoms with E-state index in [4.69, 9.17) is 26.2 Å². The highest BCUT2D eigenvalue weighted by molar-refractivity contribution is 6.32. The van der Waals surface area contributed by atoms with Crippen LogP contribution in [0.4, 0.5) is 0 Å². The molecule has 1 amide bonds. The van der Waals surface area contributed by atoms with E-state index >= 15 is 0 Å². The number of para-hydroxylation sites is 1. The molecule has 0 aliphatic heterocycles. The molecule has 0 heterocycles. The van der Waals surface area contributed by atoms with Gasteiger partial charge in [-0.15, -0.1) is 0 Å². The Bertz CT molecular complexity index is 480. The predicted octanol–water partition coefficient (Wildman–Crippen LogP) is 1.71. The number of carbonyl (C=O) groups is 2. The summed E-state index contributed by atoms with van der Waals surface area (Å²) in [5.41, 5.74) is 0. The van der Waals surface area contributed by atoms with Crippen LogP contribution >= 0.6 is 11.6 Å². The maximum absolute atomic E-state index is 11.5. The van der Waals surface area contributed by atoms with Crippen LogP contribution in [-0.4, -0.2) is 43.3 Å². The van der Waals surface area contributed by atoms with E-state index in [-0.39, 0.29) is 18.9 Å². The van der Waals surface area contributed by atoms with Crippen molar-refractivity contribution in [2.75, 3.05) is 20.3 Å². The molecule has 6 nitrogen and oxygen atoms in total. The summed E-state index contributed by atoms with van der Waals surface area (Å²) in [7, 11) is 1.28. The van der Waals surface area contributed by atoms with Crippen LogP contribution in [0, 0.1) is 0 Å². The van der Waals surface area contributed by atoms with Crippen LogP contribution in [0.2, 0.25) is 5.02 Å². The van der Waals surface area contributed by atoms with Crippen LogP contribution in [0.1, 0.15) is 12.8 Å². The molecule has 7 heteroatoms. The van der Waals surface area contributed by atoms with Crippen molar-refractivity contribution in [3.63, 3.8) is 0 Å². The third-order valence-corrected chi connectivity index (χ3v) is 3.00. The number of carbonyl (C=O) groups excluding carboxylic acids is 1. The van der Waals surface area contributed by atoms with Crippen LogP contribution in [0.25, 0.3) is 0 Å². The van der Waals surface area contributed by atoms with Crippen molar-refractivity contribution in [1.29, 1.82) is 0 Å². The predicted molar refractivity (Wildman–Crippen MR) is 77.6 cm³/mol. The number of benzene rings is 1. The maximum atomic E-state index is 11.5. The fourth-order valence-corrected chi connectivity index (χ4v) is 1.73. The summed E-state index contributed by atoms with van der Waals surface area (Å²) in [6, 6.07) is 7.08. The Morgan fingerprint density at radius 3 is 2.71 bits per heavy atom. The van der Waals surface area contributed by atoms with E-state index in [2.05, 4.69) is 5.32 Å². The fourth-order valence-electron chi connectivity index (χ4n) is 1.54. The van der Waals surface area contributed by atoms with E-state index in [1.165, 1.54) is 7.11 Å². The average molecular weight is 316 g/mol. The van der Waals surface area contributed by atoms with E-state index in [1.807, 2.05) is 6.07 Å². The molecular formula is C14H18ClNO5. The van der Waals surface area contributed by atoms with E-state index in [0.717, 1.165) is 0 Å². The van der Waals surface area contributed by atoms with E-state index < -0.39 is 12.1 Å². The molecule has 0 spiro atoms. The lowest BCUT2D eigenvalue weighted by Crippen LogP contribution is -2.37. The summed E-state index contributed by atoms with van der Waals surface area (Å²) >= 11 is 5.92. The molecule has 0 saturated heterocycles. The number of hydrogen-bond donors (Lipinski definition) is 2. The number of aliphatic carboxylic acids is 1. The number of halogens is 1. The second-order valence-corrected chi connectivity index (χ2v) is 4.66. The third-order valence-electron chi connectivity index (χ3n) is 2.69. The molecule has 1 aromatic rings. The monoisotopic (exact) mass is 315 g/mol. The van der Waals surface area contributed by atoms with Crippen LogP contribution in [-0.2, 0) is 14.3 Å². The molecule has 1 atom stereocenters. The number of nitrogens with one attached hydrogen (secondary N) is 1. The molecular weight excluding hydrogens is 298 g/mol. The quantitative estimate of drug-likeness (QED) is 0.678. The Kier molecular flexibility index (Phi) is 7.56. The van der Waals surface area contributed by atoms with Crippen LogP contribution in [0.3, 0.4) is 0 Å². The lowest BCUT2D eigenvalue weighted by Gasteiger charge is -2.11. The van der Waals surface area contributed by atoms with Crippen molar-refractivity contribution in [2.24, 2.45) is 0 Å². The minimum atomic E-state index is -1.11. The molecule has 0 bridgehead atoms. The van der Waals surface area contributed by atoms with Gasteiger partial charge in [-0.3, -0.25) is 4.79 Å². The molecule has 116 valence electrons. The largest absolute Gasteiger partial charge is 0.492 e. The Hall–Kier alpha value is -1.79. The van der Waals surface area contributed by atoms with Gasteiger partial charge >= 0.3 is 5.97 Å². The van der Waals surface area contributed by atoms with Crippen LogP contribution in [0.15, 0.2) is 24.3 Å². The third kappa shape index (κ3) is 6.46. The summed E-state index contributed by atoms with van der Waals surface area (Å²) in [5, 5.41) is 11.8. The molecule has 2 N–H and O–H groups in total. The molecule has 1 unspecified atom stereocenters. The highest BCUT2D eigenvalue weighted by Gasteiger charge is 2.16. The number of amides is 1. The number of hydrogen-bond acceptors (Lipinski definition) is 4. The molecule has 0 aliphatic carbocycles. The second kappa shape index (κ2) is 9.20. The van der Waals surface area contributed by atoms with Gasteiger partial charge in [-0.25, -0.2) is 4.79 Å². The summed E-state index contributed by atoms with van der Waals surface area (Å²) in [6.07, 6.45) is -0.296. The number of ether oxygens (including phenoxy) is 2. The fraction of sp³-hybridized carbons (Fsp3) is 0.429. The molecule has 0 saturated carbocycles. The smallest absolute Gasteiger partial charge is 0.334 e. The number of carboxylic acid groups (broad SMARTS) is 1. The van der Waals surface area contributed by atoms with E-state index in [1.54, 1.807) is 18.2 Å². The van der Waals surface area contributed by atoms with Crippen molar-refractivity contribution in [1.82, 2.24) is 5.32 Å². The van der Waals surface area contributed by atoms with Gasteiger partial charge < -0.3 is 19.9 Å². The first-order valence-corrected chi connectivity index (χ1v) is 6.82. The van der Waals surface area contributed by atoms with Crippen molar-refractivity contribution < 1.29 is 24.2 Å². The molecule has 21 heavy (non-hydrogen) atoms. The first-order chi connectivity index (χ1) is 10.0. The molecule has 0 radical (unpaired) electrons. The maximum Gasteiger partial charge on any atom is 0.334 e. The highest BCUT2D eigenvalue weighted by Crippen LogP contribution is 2.23. The topological polar surface area (TPSA) is 84.9 Å². The zero-order chi connectivity index (χ0) is 15.7. The molecule has 0 fully saturated rings. The van der Waals surface area contributed by atoms with Gasteiger partial charge in [-0.1, -0.05) is 23.7 Å². The van der Waals surface area contributed by atoms with Gasteiger partial charge in [-0.05, 0) is 18.6 Å². The van der Waals surface area contributed by atoms with Gasteiger partial charge in [-0.2, -0.15) is 0 Å². The summed E-state index contributed by atoms with van der Waals surface area (Å²) in [6.45, 7) is 0.291. The minimum absolute atomic E-state index is 0.0595. The highest BCUT2D eigenvalue weighted by atomic mass is 35.5. The van der Waals surface area contributed by atoms with Crippen molar-refractivity contribution in [3.8, 4) is 5.75 Å². The zero-order valence-electron chi connectivity index (χ0n) is 11.7. The van der Waals surface area contributed by atoms with Gasteiger partial charge in [0.25, 0.3) is 0 Å². The van der Waals surface area contributed by atoms with Crippen molar-refractivity contribution in [2.45, 2.75) is 18.9 Å². The van der Waals surface area contributed by atoms with Crippen molar-refractivity contribution >= 4 is 23.5 Å². The normalized spacial score (nSPS) is 11.7. The summed E-state index contributed by atoms with van der Waals surface area (Å²) in [4.78, 5) is 22.2. The first kappa shape index (κ1) is 17.3. The Morgan fingerprint density at radius 2 is 2.10 bits per heavy atom. The first-order valence-electron chi connectivity index (χ1n) is 6.44. The van der Waals surface area contributed by atoms with Gasteiger partial charge in [0.15, 0.2) is 6.10 Å².